The summed E-state index contributed by atoms with van der Waals surface area (Å²) in [5, 5.41) is 10.6. The Hall–Kier alpha value is -2.44. The summed E-state index contributed by atoms with van der Waals surface area (Å²) in [6.45, 7) is 15.1. The van der Waals surface area contributed by atoms with Gasteiger partial charge in [0.05, 0.1) is 0 Å². The van der Waals surface area contributed by atoms with E-state index in [1.165, 1.54) is 17.8 Å². The maximum absolute atomic E-state index is 12.6. The minimum Gasteiger partial charge on any atom is -0.543 e. The van der Waals surface area contributed by atoms with Crippen LogP contribution in [-0.4, -0.2) is 13.4 Å². The molecule has 0 saturated heterocycles. The molecule has 0 atom stereocenters. The minimum atomic E-state index is -1.98. The Morgan fingerprint density at radius 3 is 2.16 bits per heavy atom. The van der Waals surface area contributed by atoms with E-state index in [-0.39, 0.29) is 15.7 Å². The average molecular weight is 469 g/mol. The highest BCUT2D eigenvalue weighted by molar-refractivity contribution is 7.98. The first-order chi connectivity index (χ1) is 14.9. The first-order valence-corrected chi connectivity index (χ1v) is 14.6. The molecule has 0 unspecified atom stereocenters. The van der Waals surface area contributed by atoms with Crippen LogP contribution < -0.4 is 10.1 Å². The Balaban J connectivity index is 1.89. The predicted molar refractivity (Wildman–Crippen MR) is 135 cm³/mol. The summed E-state index contributed by atoms with van der Waals surface area (Å²) in [5.41, 5.74) is 3.25. The lowest BCUT2D eigenvalue weighted by atomic mass is 10.0. The third-order valence-corrected chi connectivity index (χ3v) is 11.5. The standard InChI is InChI=1S/C26H32O4SSi/c1-17-13-20(14-18(2)23(17)30-32(6,7)26(3,4)5)22-15-21(27)24(25(28)29-22)31-16-19-11-9-8-10-12-19/h8-15,27H,16H2,1-7H3. The molecule has 2 aromatic carbocycles. The van der Waals surface area contributed by atoms with E-state index >= 15 is 0 Å². The molecule has 0 saturated carbocycles. The van der Waals surface area contributed by atoms with Crippen molar-refractivity contribution in [2.24, 2.45) is 0 Å². The fourth-order valence-electron chi connectivity index (χ4n) is 3.14. The van der Waals surface area contributed by atoms with Crippen molar-refractivity contribution in [3.63, 3.8) is 0 Å². The third-order valence-electron chi connectivity index (χ3n) is 6.02. The number of benzene rings is 2. The van der Waals surface area contributed by atoms with Crippen molar-refractivity contribution in [2.45, 2.75) is 63.4 Å². The van der Waals surface area contributed by atoms with Gasteiger partial charge in [0.2, 0.25) is 0 Å². The van der Waals surface area contributed by atoms with Crippen LogP contribution in [0.25, 0.3) is 11.3 Å². The van der Waals surface area contributed by atoms with Gasteiger partial charge < -0.3 is 13.9 Å². The van der Waals surface area contributed by atoms with Gasteiger partial charge >= 0.3 is 5.63 Å². The Morgan fingerprint density at radius 2 is 1.62 bits per heavy atom. The Bertz CT molecular complexity index is 1140. The van der Waals surface area contributed by atoms with Crippen molar-refractivity contribution in [3.05, 3.63) is 75.6 Å². The molecule has 0 bridgehead atoms. The highest BCUT2D eigenvalue weighted by Crippen LogP contribution is 2.40. The van der Waals surface area contributed by atoms with Gasteiger partial charge in [-0.1, -0.05) is 51.1 Å². The lowest BCUT2D eigenvalue weighted by Gasteiger charge is -2.37. The molecule has 0 aliphatic carbocycles. The van der Waals surface area contributed by atoms with Crippen molar-refractivity contribution < 1.29 is 13.9 Å². The summed E-state index contributed by atoms with van der Waals surface area (Å²) in [5.74, 6) is 1.76. The van der Waals surface area contributed by atoms with Crippen molar-refractivity contribution in [2.75, 3.05) is 0 Å². The van der Waals surface area contributed by atoms with Gasteiger partial charge in [-0.05, 0) is 60.8 Å². The lowest BCUT2D eigenvalue weighted by Crippen LogP contribution is -2.44. The predicted octanol–water partition coefficient (Wildman–Crippen LogP) is 7.31. The summed E-state index contributed by atoms with van der Waals surface area (Å²) in [6, 6.07) is 15.2. The van der Waals surface area contributed by atoms with Gasteiger partial charge in [-0.25, -0.2) is 4.79 Å². The Kier molecular flexibility index (Phi) is 6.96. The number of hydrogen-bond acceptors (Lipinski definition) is 5. The van der Waals surface area contributed by atoms with Gasteiger partial charge in [0.25, 0.3) is 8.32 Å². The molecule has 0 amide bonds. The van der Waals surface area contributed by atoms with Crippen molar-refractivity contribution in [1.29, 1.82) is 0 Å². The normalized spacial score (nSPS) is 12.1. The fraction of sp³-hybridized carbons (Fsp3) is 0.346. The van der Waals surface area contributed by atoms with E-state index in [2.05, 4.69) is 33.9 Å². The van der Waals surface area contributed by atoms with Crippen LogP contribution in [0.5, 0.6) is 11.5 Å². The molecule has 4 nitrogen and oxygen atoms in total. The zero-order chi connectivity index (χ0) is 23.7. The van der Waals surface area contributed by atoms with Gasteiger partial charge in [-0.2, -0.15) is 0 Å². The van der Waals surface area contributed by atoms with Crippen molar-refractivity contribution >= 4 is 20.1 Å². The van der Waals surface area contributed by atoms with Crippen LogP contribution in [0.1, 0.15) is 37.5 Å². The molecule has 0 aliphatic rings. The van der Waals surface area contributed by atoms with E-state index in [9.17, 15) is 9.90 Å². The molecule has 1 aromatic heterocycles. The number of rotatable bonds is 6. The van der Waals surface area contributed by atoms with E-state index in [4.69, 9.17) is 8.84 Å². The third kappa shape index (κ3) is 5.30. The van der Waals surface area contributed by atoms with E-state index in [1.54, 1.807) is 0 Å². The molecular weight excluding hydrogens is 436 g/mol. The van der Waals surface area contributed by atoms with Gasteiger partial charge in [-0.15, -0.1) is 11.8 Å². The van der Waals surface area contributed by atoms with Crippen LogP contribution in [-0.2, 0) is 5.75 Å². The van der Waals surface area contributed by atoms with E-state index in [0.717, 1.165) is 28.0 Å². The summed E-state index contributed by atoms with van der Waals surface area (Å²) in [4.78, 5) is 12.8. The minimum absolute atomic E-state index is 0.0610. The SMILES string of the molecule is Cc1cc(-c2cc(O)c(SCc3ccccc3)c(=O)o2)cc(C)c1O[Si](C)(C)C(C)(C)C. The molecule has 3 aromatic rings. The molecule has 6 heteroatoms. The van der Waals surface area contributed by atoms with Crippen LogP contribution in [0, 0.1) is 13.8 Å². The van der Waals surface area contributed by atoms with Crippen molar-refractivity contribution in [3.8, 4) is 22.8 Å². The van der Waals surface area contributed by atoms with Gasteiger partial charge in [0.15, 0.2) is 0 Å². The largest absolute Gasteiger partial charge is 0.543 e. The second-order valence-corrected chi connectivity index (χ2v) is 15.4. The topological polar surface area (TPSA) is 59.7 Å². The summed E-state index contributed by atoms with van der Waals surface area (Å²) in [7, 11) is -1.98. The van der Waals surface area contributed by atoms with E-state index in [0.29, 0.717) is 11.5 Å². The fourth-order valence-corrected chi connectivity index (χ4v) is 5.14. The monoisotopic (exact) mass is 468 g/mol. The number of hydrogen-bond donors (Lipinski definition) is 1. The first-order valence-electron chi connectivity index (χ1n) is 10.7. The molecule has 32 heavy (non-hydrogen) atoms. The second kappa shape index (κ2) is 9.20. The zero-order valence-corrected chi connectivity index (χ0v) is 21.7. The van der Waals surface area contributed by atoms with Crippen LogP contribution >= 0.6 is 11.8 Å². The van der Waals surface area contributed by atoms with Crippen LogP contribution in [0.4, 0.5) is 0 Å². The molecule has 0 fully saturated rings. The van der Waals surface area contributed by atoms with Gasteiger partial charge in [0, 0.05) is 17.4 Å². The Labute approximate surface area is 195 Å². The highest BCUT2D eigenvalue weighted by atomic mass is 32.2. The molecule has 0 spiro atoms. The quantitative estimate of drug-likeness (QED) is 0.304. The number of aryl methyl sites for hydroxylation is 2. The van der Waals surface area contributed by atoms with Crippen LogP contribution in [0.15, 0.2) is 62.6 Å². The van der Waals surface area contributed by atoms with Crippen molar-refractivity contribution in [1.82, 2.24) is 0 Å². The summed E-state index contributed by atoms with van der Waals surface area (Å²) < 4.78 is 12.2. The Morgan fingerprint density at radius 1 is 1.03 bits per heavy atom. The molecule has 0 aliphatic heterocycles. The smallest absolute Gasteiger partial charge is 0.353 e. The van der Waals surface area contributed by atoms with Crippen LogP contribution in [0.2, 0.25) is 18.1 Å². The summed E-state index contributed by atoms with van der Waals surface area (Å²) >= 11 is 1.28. The maximum atomic E-state index is 12.6. The zero-order valence-electron chi connectivity index (χ0n) is 19.9. The van der Waals surface area contributed by atoms with E-state index in [1.807, 2.05) is 56.3 Å². The van der Waals surface area contributed by atoms with Gasteiger partial charge in [-0.3, -0.25) is 0 Å². The maximum Gasteiger partial charge on any atom is 0.353 e. The molecule has 3 rings (SSSR count). The second-order valence-electron chi connectivity index (χ2n) is 9.69. The molecular formula is C26H32O4SSi. The average Bonchev–Trinajstić information content (AvgIpc) is 2.69. The highest BCUT2D eigenvalue weighted by Gasteiger charge is 2.39. The first kappa shape index (κ1) is 24.2. The number of thioether (sulfide) groups is 1. The molecule has 0 radical (unpaired) electrons. The van der Waals surface area contributed by atoms with Gasteiger partial charge in [0.1, 0.15) is 22.2 Å². The lowest BCUT2D eigenvalue weighted by molar-refractivity contribution is 0.430. The molecule has 1 N–H and O–H groups in total. The summed E-state index contributed by atoms with van der Waals surface area (Å²) in [6.07, 6.45) is 0. The molecule has 1 heterocycles. The molecule has 170 valence electrons. The van der Waals surface area contributed by atoms with Crippen LogP contribution in [0.3, 0.4) is 0 Å². The number of aromatic hydroxyl groups is 1. The van der Waals surface area contributed by atoms with E-state index < -0.39 is 13.9 Å².